The second kappa shape index (κ2) is 5.05. The van der Waals surface area contributed by atoms with Gasteiger partial charge in [0.2, 0.25) is 5.91 Å². The van der Waals surface area contributed by atoms with E-state index in [0.29, 0.717) is 0 Å². The summed E-state index contributed by atoms with van der Waals surface area (Å²) in [6.45, 7) is -0.0424. The van der Waals surface area contributed by atoms with E-state index in [-0.39, 0.29) is 23.7 Å². The number of benzene rings is 1. The third-order valence-electron chi connectivity index (χ3n) is 2.86. The van der Waals surface area contributed by atoms with Crippen molar-refractivity contribution in [1.82, 2.24) is 0 Å². The van der Waals surface area contributed by atoms with E-state index in [1.54, 1.807) is 0 Å². The van der Waals surface area contributed by atoms with Crippen LogP contribution in [0.4, 0.5) is 14.0 Å². The third kappa shape index (κ3) is 3.22. The first-order chi connectivity index (χ1) is 8.78. The maximum Gasteiger partial charge on any atom is 0.302 e. The summed E-state index contributed by atoms with van der Waals surface area (Å²) in [5.74, 6) is -2.62. The summed E-state index contributed by atoms with van der Waals surface area (Å²) in [5.41, 5.74) is -0.0174. The number of anilines is 1. The van der Waals surface area contributed by atoms with Gasteiger partial charge in [0.15, 0.2) is 5.82 Å². The van der Waals surface area contributed by atoms with Gasteiger partial charge in [-0.15, -0.1) is 3.89 Å². The fourth-order valence-electron chi connectivity index (χ4n) is 2.11. The monoisotopic (exact) mass is 309 g/mol. The first-order valence-electron chi connectivity index (χ1n) is 5.44. The number of hydrogen-bond donors (Lipinski definition) is 0. The fraction of sp³-hybridized carbons (Fsp3) is 0.364. The molecule has 1 unspecified atom stereocenters. The van der Waals surface area contributed by atoms with Gasteiger partial charge in [0.1, 0.15) is 0 Å². The number of hydrogen-bond acceptors (Lipinski definition) is 3. The molecule has 0 aliphatic carbocycles. The zero-order valence-electron chi connectivity index (χ0n) is 9.64. The molecule has 0 bridgehead atoms. The molecular formula is C11H10ClF2NO3S. The third-order valence-corrected chi connectivity index (χ3v) is 4.02. The van der Waals surface area contributed by atoms with Crippen LogP contribution in [0.3, 0.4) is 0 Å². The molecule has 0 aromatic heterocycles. The van der Waals surface area contributed by atoms with Crippen LogP contribution < -0.4 is 4.90 Å². The largest absolute Gasteiger partial charge is 0.309 e. The molecule has 1 fully saturated rings. The summed E-state index contributed by atoms with van der Waals surface area (Å²) in [5, 5.41) is -0.133. The highest BCUT2D eigenvalue weighted by Gasteiger charge is 2.34. The van der Waals surface area contributed by atoms with Crippen LogP contribution in [0.15, 0.2) is 18.2 Å². The molecule has 2 rings (SSSR count). The van der Waals surface area contributed by atoms with Gasteiger partial charge >= 0.3 is 10.2 Å². The van der Waals surface area contributed by atoms with E-state index in [1.807, 2.05) is 0 Å². The molecule has 0 spiro atoms. The molecule has 1 saturated heterocycles. The molecule has 1 amide bonds. The molecule has 104 valence electrons. The van der Waals surface area contributed by atoms with Crippen molar-refractivity contribution in [2.75, 3.05) is 17.2 Å². The number of amides is 1. The average molecular weight is 310 g/mol. The van der Waals surface area contributed by atoms with Crippen molar-refractivity contribution in [3.63, 3.8) is 0 Å². The standard InChI is InChI=1S/C11H10ClF2NO3S/c12-8-2-1-3-9(11(8)13)15-5-7(4-10(15)16)6-19(14,17)18/h1-3,7H,4-6H2. The number of rotatable bonds is 3. The summed E-state index contributed by atoms with van der Waals surface area (Å²) >= 11 is 5.61. The van der Waals surface area contributed by atoms with Crippen molar-refractivity contribution < 1.29 is 21.5 Å². The molecule has 0 N–H and O–H groups in total. The van der Waals surface area contributed by atoms with Gasteiger partial charge in [-0.25, -0.2) is 4.39 Å². The molecule has 19 heavy (non-hydrogen) atoms. The molecule has 1 aromatic carbocycles. The van der Waals surface area contributed by atoms with E-state index >= 15 is 0 Å². The molecule has 0 radical (unpaired) electrons. The van der Waals surface area contributed by atoms with Crippen LogP contribution >= 0.6 is 11.6 Å². The van der Waals surface area contributed by atoms with Crippen LogP contribution in [-0.2, 0) is 15.0 Å². The van der Waals surface area contributed by atoms with Crippen LogP contribution in [0.1, 0.15) is 6.42 Å². The molecule has 1 atom stereocenters. The summed E-state index contributed by atoms with van der Waals surface area (Å²) in [7, 11) is -4.65. The SMILES string of the molecule is O=C1CC(CS(=O)(=O)F)CN1c1cccc(Cl)c1F. The van der Waals surface area contributed by atoms with Gasteiger partial charge in [0.25, 0.3) is 0 Å². The smallest absolute Gasteiger partial charge is 0.302 e. The number of nitrogens with zero attached hydrogens (tertiary/aromatic N) is 1. The van der Waals surface area contributed by atoms with Crippen LogP contribution in [0.25, 0.3) is 0 Å². The Morgan fingerprint density at radius 2 is 2.11 bits per heavy atom. The highest BCUT2D eigenvalue weighted by atomic mass is 35.5. The Labute approximate surface area is 114 Å². The van der Waals surface area contributed by atoms with Crippen molar-refractivity contribution in [2.45, 2.75) is 6.42 Å². The average Bonchev–Trinajstić information content (AvgIpc) is 2.61. The first kappa shape index (κ1) is 14.2. The van der Waals surface area contributed by atoms with Gasteiger partial charge in [-0.1, -0.05) is 17.7 Å². The Hall–Kier alpha value is -1.21. The van der Waals surface area contributed by atoms with E-state index in [4.69, 9.17) is 11.6 Å². The predicted octanol–water partition coefficient (Wildman–Crippen LogP) is 2.13. The van der Waals surface area contributed by atoms with E-state index in [2.05, 4.69) is 0 Å². The van der Waals surface area contributed by atoms with Crippen molar-refractivity contribution in [2.24, 2.45) is 5.92 Å². The Bertz CT molecular complexity index is 620. The van der Waals surface area contributed by atoms with Crippen molar-refractivity contribution in [1.29, 1.82) is 0 Å². The molecule has 4 nitrogen and oxygen atoms in total. The van der Waals surface area contributed by atoms with E-state index < -0.39 is 33.6 Å². The summed E-state index contributed by atoms with van der Waals surface area (Å²) in [6, 6.07) is 4.18. The summed E-state index contributed by atoms with van der Waals surface area (Å²) in [4.78, 5) is 12.8. The highest BCUT2D eigenvalue weighted by Crippen LogP contribution is 2.31. The van der Waals surface area contributed by atoms with Gasteiger partial charge in [-0.3, -0.25) is 4.79 Å². The Morgan fingerprint density at radius 3 is 2.74 bits per heavy atom. The Morgan fingerprint density at radius 1 is 1.42 bits per heavy atom. The Kier molecular flexibility index (Phi) is 3.78. The molecule has 8 heteroatoms. The van der Waals surface area contributed by atoms with Gasteiger partial charge in [0, 0.05) is 18.9 Å². The minimum absolute atomic E-state index is 0.0174. The normalized spacial score (nSPS) is 20.1. The van der Waals surface area contributed by atoms with Crippen molar-refractivity contribution >= 4 is 33.4 Å². The van der Waals surface area contributed by atoms with Gasteiger partial charge in [-0.05, 0) is 12.1 Å². The second-order valence-electron chi connectivity index (χ2n) is 4.35. The maximum absolute atomic E-state index is 13.8. The zero-order valence-corrected chi connectivity index (χ0v) is 11.2. The minimum atomic E-state index is -4.65. The van der Waals surface area contributed by atoms with Crippen LogP contribution in [-0.4, -0.2) is 26.6 Å². The quantitative estimate of drug-likeness (QED) is 0.804. The lowest BCUT2D eigenvalue weighted by Crippen LogP contribution is -2.26. The van der Waals surface area contributed by atoms with E-state index in [0.717, 1.165) is 4.90 Å². The molecule has 1 aromatic rings. The zero-order chi connectivity index (χ0) is 14.2. The van der Waals surface area contributed by atoms with Crippen LogP contribution in [0, 0.1) is 11.7 Å². The Balaban J connectivity index is 2.23. The molecule has 0 saturated carbocycles. The maximum atomic E-state index is 13.8. The van der Waals surface area contributed by atoms with E-state index in [1.165, 1.54) is 18.2 Å². The summed E-state index contributed by atoms with van der Waals surface area (Å²) < 4.78 is 47.5. The van der Waals surface area contributed by atoms with Crippen LogP contribution in [0.2, 0.25) is 5.02 Å². The van der Waals surface area contributed by atoms with Gasteiger partial charge in [0.05, 0.1) is 16.5 Å². The number of halogens is 3. The second-order valence-corrected chi connectivity index (χ2v) is 6.17. The number of carbonyl (C=O) groups excluding carboxylic acids is 1. The van der Waals surface area contributed by atoms with Crippen LogP contribution in [0.5, 0.6) is 0 Å². The molecule has 1 heterocycles. The molecule has 1 aliphatic rings. The van der Waals surface area contributed by atoms with Crippen molar-refractivity contribution in [3.8, 4) is 0 Å². The lowest BCUT2D eigenvalue weighted by atomic mass is 10.1. The summed E-state index contributed by atoms with van der Waals surface area (Å²) in [6.07, 6.45) is -0.130. The van der Waals surface area contributed by atoms with Crippen molar-refractivity contribution in [3.05, 3.63) is 29.0 Å². The van der Waals surface area contributed by atoms with Gasteiger partial charge < -0.3 is 4.90 Å². The lowest BCUT2D eigenvalue weighted by Gasteiger charge is -2.17. The predicted molar refractivity (Wildman–Crippen MR) is 66.8 cm³/mol. The topological polar surface area (TPSA) is 54.5 Å². The molecular weight excluding hydrogens is 300 g/mol. The lowest BCUT2D eigenvalue weighted by molar-refractivity contribution is -0.117. The van der Waals surface area contributed by atoms with Gasteiger partial charge in [-0.2, -0.15) is 8.42 Å². The highest BCUT2D eigenvalue weighted by molar-refractivity contribution is 7.86. The first-order valence-corrected chi connectivity index (χ1v) is 7.37. The fourth-order valence-corrected chi connectivity index (χ4v) is 3.06. The number of carbonyl (C=O) groups is 1. The van der Waals surface area contributed by atoms with E-state index in [9.17, 15) is 21.5 Å². The molecule has 1 aliphatic heterocycles. The minimum Gasteiger partial charge on any atom is -0.309 e.